The Morgan fingerprint density at radius 2 is 1.69 bits per heavy atom. The molecule has 0 unspecified atom stereocenters. The monoisotopic (exact) mass is 444 g/mol. The number of nitrogens with one attached hydrogen (secondary N) is 1. The number of rotatable bonds is 5. The minimum atomic E-state index is -4.51. The molecule has 0 bridgehead atoms. The number of hydrogen-bond acceptors (Lipinski definition) is 4. The van der Waals surface area contributed by atoms with E-state index in [1.54, 1.807) is 0 Å². The highest BCUT2D eigenvalue weighted by atomic mass is 19.4. The summed E-state index contributed by atoms with van der Waals surface area (Å²) in [6.07, 6.45) is -0.144. The van der Waals surface area contributed by atoms with Crippen molar-refractivity contribution < 1.29 is 13.2 Å². The average Bonchev–Trinajstić information content (AvgIpc) is 2.77. The molecule has 1 aliphatic carbocycles. The van der Waals surface area contributed by atoms with E-state index in [4.69, 9.17) is 0 Å². The first kappa shape index (κ1) is 21.9. The predicted molar refractivity (Wildman–Crippen MR) is 115 cm³/mol. The first-order valence-electron chi connectivity index (χ1n) is 10.5. The predicted octanol–water partition coefficient (Wildman–Crippen LogP) is 4.72. The molecule has 0 atom stereocenters. The summed E-state index contributed by atoms with van der Waals surface area (Å²) in [5, 5.41) is 2.76. The number of aromatic nitrogens is 3. The quantitative estimate of drug-likeness (QED) is 0.618. The zero-order valence-corrected chi connectivity index (χ0v) is 17.3. The number of alkyl halides is 3. The van der Waals surface area contributed by atoms with Gasteiger partial charge in [-0.3, -0.25) is 4.57 Å². The topological polar surface area (TPSA) is 68.9 Å². The number of nitrogens with zero attached hydrogens (tertiary/aromatic N) is 3. The molecule has 9 heteroatoms. The van der Waals surface area contributed by atoms with Crippen molar-refractivity contribution in [3.63, 3.8) is 0 Å². The SMILES string of the molecule is O=c1nc(Nc2cccc(C(F)(F)F)c2)n(Cc2ccccc2)c(=O)n1C1CCCCC1. The second-order valence-corrected chi connectivity index (χ2v) is 7.94. The minimum Gasteiger partial charge on any atom is -0.325 e. The third-order valence-electron chi connectivity index (χ3n) is 5.67. The van der Waals surface area contributed by atoms with Gasteiger partial charge in [-0.1, -0.05) is 55.7 Å². The average molecular weight is 444 g/mol. The van der Waals surface area contributed by atoms with Crippen molar-refractivity contribution in [3.05, 3.63) is 86.7 Å². The molecule has 1 aliphatic rings. The van der Waals surface area contributed by atoms with Crippen molar-refractivity contribution >= 4 is 11.6 Å². The third kappa shape index (κ3) is 4.76. The Bertz CT molecular complexity index is 1200. The molecule has 168 valence electrons. The molecular formula is C23H23F3N4O2. The molecule has 0 aliphatic heterocycles. The zero-order chi connectivity index (χ0) is 22.7. The highest BCUT2D eigenvalue weighted by Crippen LogP contribution is 2.31. The second-order valence-electron chi connectivity index (χ2n) is 7.94. The maximum absolute atomic E-state index is 13.4. The summed E-state index contributed by atoms with van der Waals surface area (Å²) < 4.78 is 41.8. The van der Waals surface area contributed by atoms with Crippen molar-refractivity contribution in [2.45, 2.75) is 50.9 Å². The lowest BCUT2D eigenvalue weighted by Crippen LogP contribution is -2.45. The van der Waals surface area contributed by atoms with E-state index in [9.17, 15) is 22.8 Å². The number of halogens is 3. The van der Waals surface area contributed by atoms with Crippen LogP contribution >= 0.6 is 0 Å². The highest BCUT2D eigenvalue weighted by molar-refractivity contribution is 5.55. The molecule has 1 heterocycles. The maximum Gasteiger partial charge on any atom is 0.416 e. The Kier molecular flexibility index (Phi) is 6.16. The molecule has 1 fully saturated rings. The van der Waals surface area contributed by atoms with Crippen LogP contribution < -0.4 is 16.7 Å². The molecule has 0 radical (unpaired) electrons. The van der Waals surface area contributed by atoms with Crippen LogP contribution in [0, 0.1) is 0 Å². The van der Waals surface area contributed by atoms with Gasteiger partial charge in [0.15, 0.2) is 0 Å². The van der Waals surface area contributed by atoms with Gasteiger partial charge in [-0.15, -0.1) is 0 Å². The van der Waals surface area contributed by atoms with Crippen molar-refractivity contribution in [1.29, 1.82) is 0 Å². The largest absolute Gasteiger partial charge is 0.416 e. The van der Waals surface area contributed by atoms with E-state index in [-0.39, 0.29) is 24.2 Å². The van der Waals surface area contributed by atoms with Crippen LogP contribution in [0.4, 0.5) is 24.8 Å². The van der Waals surface area contributed by atoms with Crippen LogP contribution in [0.2, 0.25) is 0 Å². The molecular weight excluding hydrogens is 421 g/mol. The lowest BCUT2D eigenvalue weighted by molar-refractivity contribution is -0.137. The van der Waals surface area contributed by atoms with Crippen LogP contribution in [-0.2, 0) is 12.7 Å². The Balaban J connectivity index is 1.79. The van der Waals surface area contributed by atoms with Crippen LogP contribution in [0.5, 0.6) is 0 Å². The summed E-state index contributed by atoms with van der Waals surface area (Å²) in [6, 6.07) is 13.5. The number of benzene rings is 2. The molecule has 1 aromatic heterocycles. The fraction of sp³-hybridized carbons (Fsp3) is 0.348. The van der Waals surface area contributed by atoms with Gasteiger partial charge in [-0.25, -0.2) is 14.2 Å². The molecule has 0 spiro atoms. The Morgan fingerprint density at radius 1 is 0.969 bits per heavy atom. The summed E-state index contributed by atoms with van der Waals surface area (Å²) in [6.45, 7) is 0.126. The van der Waals surface area contributed by atoms with Crippen molar-refractivity contribution in [2.24, 2.45) is 0 Å². The van der Waals surface area contributed by atoms with Crippen LogP contribution in [-0.4, -0.2) is 14.1 Å². The van der Waals surface area contributed by atoms with E-state index in [0.29, 0.717) is 0 Å². The van der Waals surface area contributed by atoms with E-state index >= 15 is 0 Å². The van der Waals surface area contributed by atoms with E-state index in [1.807, 2.05) is 30.3 Å². The van der Waals surface area contributed by atoms with Crippen molar-refractivity contribution in [3.8, 4) is 0 Å². The fourth-order valence-electron chi connectivity index (χ4n) is 4.07. The third-order valence-corrected chi connectivity index (χ3v) is 5.67. The molecule has 1 saturated carbocycles. The first-order valence-corrected chi connectivity index (χ1v) is 10.5. The molecule has 1 N–H and O–H groups in total. The van der Waals surface area contributed by atoms with Crippen molar-refractivity contribution in [2.75, 3.05) is 5.32 Å². The standard InChI is InChI=1S/C23H23F3N4O2/c24-23(25,26)17-10-7-11-18(14-17)27-20-28-21(31)30(19-12-5-2-6-13-19)22(32)29(20)15-16-8-3-1-4-9-16/h1,3-4,7-11,14,19H,2,5-6,12-13,15H2,(H,27,28,31). The van der Waals surface area contributed by atoms with Crippen LogP contribution in [0.25, 0.3) is 0 Å². The van der Waals surface area contributed by atoms with E-state index < -0.39 is 23.1 Å². The van der Waals surface area contributed by atoms with Gasteiger partial charge in [-0.2, -0.15) is 18.2 Å². The molecule has 0 amide bonds. The molecule has 2 aromatic carbocycles. The highest BCUT2D eigenvalue weighted by Gasteiger charge is 2.30. The number of hydrogen-bond donors (Lipinski definition) is 1. The molecule has 32 heavy (non-hydrogen) atoms. The van der Waals surface area contributed by atoms with Crippen LogP contribution in [0.1, 0.15) is 49.3 Å². The smallest absolute Gasteiger partial charge is 0.325 e. The molecule has 6 nitrogen and oxygen atoms in total. The summed E-state index contributed by atoms with van der Waals surface area (Å²) in [5.41, 5.74) is -1.16. The summed E-state index contributed by atoms with van der Waals surface area (Å²) in [4.78, 5) is 30.3. The zero-order valence-electron chi connectivity index (χ0n) is 17.3. The van der Waals surface area contributed by atoms with Gasteiger partial charge >= 0.3 is 17.6 Å². The second kappa shape index (κ2) is 9.02. The Hall–Kier alpha value is -3.36. The fourth-order valence-corrected chi connectivity index (χ4v) is 4.07. The van der Waals surface area contributed by atoms with E-state index in [2.05, 4.69) is 10.3 Å². The number of anilines is 2. The van der Waals surface area contributed by atoms with E-state index in [0.717, 1.165) is 49.8 Å². The first-order chi connectivity index (χ1) is 15.3. The molecule has 4 rings (SSSR count). The van der Waals surface area contributed by atoms with Gasteiger partial charge < -0.3 is 5.32 Å². The van der Waals surface area contributed by atoms with Gasteiger partial charge in [0, 0.05) is 11.7 Å². The normalized spacial score (nSPS) is 15.0. The Morgan fingerprint density at radius 3 is 2.38 bits per heavy atom. The minimum absolute atomic E-state index is 0.0864. The summed E-state index contributed by atoms with van der Waals surface area (Å²) in [7, 11) is 0. The van der Waals surface area contributed by atoms with E-state index in [1.165, 1.54) is 21.3 Å². The molecule has 0 saturated heterocycles. The van der Waals surface area contributed by atoms with Crippen LogP contribution in [0.15, 0.2) is 64.2 Å². The van der Waals surface area contributed by atoms with Gasteiger partial charge in [0.05, 0.1) is 12.1 Å². The van der Waals surface area contributed by atoms with Gasteiger partial charge in [0.25, 0.3) is 0 Å². The summed E-state index contributed by atoms with van der Waals surface area (Å²) >= 11 is 0. The van der Waals surface area contributed by atoms with Crippen LogP contribution in [0.3, 0.4) is 0 Å². The van der Waals surface area contributed by atoms with Gasteiger partial charge in [-0.05, 0) is 36.6 Å². The summed E-state index contributed by atoms with van der Waals surface area (Å²) in [5.74, 6) is -0.0877. The van der Waals surface area contributed by atoms with Crippen molar-refractivity contribution in [1.82, 2.24) is 14.1 Å². The lowest BCUT2D eigenvalue weighted by atomic mass is 9.95. The maximum atomic E-state index is 13.4. The van der Waals surface area contributed by atoms with Gasteiger partial charge in [0.2, 0.25) is 5.95 Å². The molecule has 3 aromatic rings. The lowest BCUT2D eigenvalue weighted by Gasteiger charge is -2.24. The Labute approximate surface area is 182 Å². The van der Waals surface area contributed by atoms with Gasteiger partial charge in [0.1, 0.15) is 0 Å².